The van der Waals surface area contributed by atoms with Crippen LogP contribution in [-0.4, -0.2) is 24.9 Å². The second-order valence-electron chi connectivity index (χ2n) is 7.42. The standard InChI is InChI=1S/C27H25NO5/c1-3-17-32-21-15-11-19(12-16-21)27(30)28-24-22-7-5-6-8-23(22)33-26(24)25(29)18-9-13-20(14-10-18)31-4-2/h5-16H,3-4,17H2,1-2H3,(H,28,30). The lowest BCUT2D eigenvalue weighted by Crippen LogP contribution is -2.14. The van der Waals surface area contributed by atoms with E-state index >= 15 is 0 Å². The summed E-state index contributed by atoms with van der Waals surface area (Å²) >= 11 is 0. The molecule has 4 rings (SSSR count). The Labute approximate surface area is 192 Å². The Balaban J connectivity index is 1.63. The van der Waals surface area contributed by atoms with Crippen molar-refractivity contribution in [2.24, 2.45) is 0 Å². The highest BCUT2D eigenvalue weighted by Gasteiger charge is 2.24. The zero-order chi connectivity index (χ0) is 23.2. The minimum atomic E-state index is -0.343. The van der Waals surface area contributed by atoms with E-state index in [1.807, 2.05) is 32.0 Å². The Morgan fingerprint density at radius 2 is 1.45 bits per heavy atom. The summed E-state index contributed by atoms with van der Waals surface area (Å²) < 4.78 is 16.9. The lowest BCUT2D eigenvalue weighted by Gasteiger charge is -2.08. The van der Waals surface area contributed by atoms with Crippen LogP contribution in [0.15, 0.2) is 77.2 Å². The smallest absolute Gasteiger partial charge is 0.255 e. The van der Waals surface area contributed by atoms with Crippen LogP contribution < -0.4 is 14.8 Å². The van der Waals surface area contributed by atoms with Gasteiger partial charge in [0.15, 0.2) is 5.76 Å². The summed E-state index contributed by atoms with van der Waals surface area (Å²) in [4.78, 5) is 26.3. The van der Waals surface area contributed by atoms with E-state index in [4.69, 9.17) is 13.9 Å². The number of carbonyl (C=O) groups excluding carboxylic acids is 2. The van der Waals surface area contributed by atoms with Crippen molar-refractivity contribution < 1.29 is 23.5 Å². The van der Waals surface area contributed by atoms with Gasteiger partial charge in [-0.25, -0.2) is 0 Å². The van der Waals surface area contributed by atoms with Crippen LogP contribution in [0.5, 0.6) is 11.5 Å². The largest absolute Gasteiger partial charge is 0.494 e. The number of furan rings is 1. The maximum atomic E-state index is 13.3. The summed E-state index contributed by atoms with van der Waals surface area (Å²) in [5.41, 5.74) is 1.75. The molecule has 0 radical (unpaired) electrons. The van der Waals surface area contributed by atoms with Gasteiger partial charge in [0.25, 0.3) is 5.91 Å². The van der Waals surface area contributed by atoms with Crippen LogP contribution in [0.2, 0.25) is 0 Å². The van der Waals surface area contributed by atoms with Gasteiger partial charge in [0, 0.05) is 16.5 Å². The molecule has 1 N–H and O–H groups in total. The molecule has 3 aromatic carbocycles. The van der Waals surface area contributed by atoms with E-state index in [9.17, 15) is 9.59 Å². The third-order valence-corrected chi connectivity index (χ3v) is 5.06. The lowest BCUT2D eigenvalue weighted by molar-refractivity contribution is 0.101. The van der Waals surface area contributed by atoms with Crippen LogP contribution in [-0.2, 0) is 0 Å². The Hall–Kier alpha value is -4.06. The molecule has 0 atom stereocenters. The average Bonchev–Trinajstić information content (AvgIpc) is 3.21. The van der Waals surface area contributed by atoms with Crippen LogP contribution >= 0.6 is 0 Å². The first-order chi connectivity index (χ1) is 16.1. The highest BCUT2D eigenvalue weighted by Crippen LogP contribution is 2.33. The van der Waals surface area contributed by atoms with Gasteiger partial charge in [-0.15, -0.1) is 0 Å². The van der Waals surface area contributed by atoms with Gasteiger partial charge in [-0.05, 0) is 74.0 Å². The van der Waals surface area contributed by atoms with E-state index in [1.165, 1.54) is 0 Å². The number of ether oxygens (including phenoxy) is 2. The van der Waals surface area contributed by atoms with E-state index in [2.05, 4.69) is 5.32 Å². The molecule has 0 unspecified atom stereocenters. The molecule has 0 fully saturated rings. The highest BCUT2D eigenvalue weighted by atomic mass is 16.5. The molecule has 0 saturated carbocycles. The number of anilines is 1. The second-order valence-corrected chi connectivity index (χ2v) is 7.42. The van der Waals surface area contributed by atoms with E-state index in [1.54, 1.807) is 54.6 Å². The zero-order valence-corrected chi connectivity index (χ0v) is 18.6. The Morgan fingerprint density at radius 3 is 2.12 bits per heavy atom. The molecule has 0 aliphatic rings. The van der Waals surface area contributed by atoms with Crippen molar-refractivity contribution in [3.05, 3.63) is 89.7 Å². The molecule has 0 aliphatic heterocycles. The molecule has 6 nitrogen and oxygen atoms in total. The van der Waals surface area contributed by atoms with Gasteiger partial charge < -0.3 is 19.2 Å². The van der Waals surface area contributed by atoms with Crippen LogP contribution in [0.25, 0.3) is 11.0 Å². The molecule has 6 heteroatoms. The first-order valence-electron chi connectivity index (χ1n) is 10.9. The number of carbonyl (C=O) groups is 2. The minimum Gasteiger partial charge on any atom is -0.494 e. The number of rotatable bonds is 9. The zero-order valence-electron chi connectivity index (χ0n) is 18.6. The number of hydrogen-bond donors (Lipinski definition) is 1. The van der Waals surface area contributed by atoms with Gasteiger partial charge in [-0.3, -0.25) is 9.59 Å². The summed E-state index contributed by atoms with van der Waals surface area (Å²) in [5.74, 6) is 0.792. The molecule has 0 bridgehead atoms. The lowest BCUT2D eigenvalue weighted by atomic mass is 10.1. The van der Waals surface area contributed by atoms with Gasteiger partial charge in [0.05, 0.1) is 18.9 Å². The predicted molar refractivity (Wildman–Crippen MR) is 127 cm³/mol. The third-order valence-electron chi connectivity index (χ3n) is 5.06. The number of ketones is 1. The molecule has 0 spiro atoms. The normalized spacial score (nSPS) is 10.7. The minimum absolute atomic E-state index is 0.0802. The fourth-order valence-electron chi connectivity index (χ4n) is 3.44. The summed E-state index contributed by atoms with van der Waals surface area (Å²) in [6.07, 6.45) is 0.904. The van der Waals surface area contributed by atoms with Crippen molar-refractivity contribution in [2.45, 2.75) is 20.3 Å². The van der Waals surface area contributed by atoms with Gasteiger partial charge in [0.2, 0.25) is 5.78 Å². The maximum absolute atomic E-state index is 13.3. The van der Waals surface area contributed by atoms with E-state index < -0.39 is 0 Å². The van der Waals surface area contributed by atoms with Crippen LogP contribution in [0, 0.1) is 0 Å². The maximum Gasteiger partial charge on any atom is 0.255 e. The van der Waals surface area contributed by atoms with Crippen LogP contribution in [0.1, 0.15) is 46.7 Å². The van der Waals surface area contributed by atoms with Gasteiger partial charge >= 0.3 is 0 Å². The number of amides is 1. The highest BCUT2D eigenvalue weighted by molar-refractivity contribution is 6.18. The van der Waals surface area contributed by atoms with E-state index in [0.29, 0.717) is 52.5 Å². The molecule has 1 heterocycles. The first-order valence-corrected chi connectivity index (χ1v) is 10.9. The molecule has 1 amide bonds. The summed E-state index contributed by atoms with van der Waals surface area (Å²) in [5, 5.41) is 3.53. The predicted octanol–water partition coefficient (Wildman–Crippen LogP) is 6.10. The molecule has 0 aliphatic carbocycles. The summed E-state index contributed by atoms with van der Waals surface area (Å²) in [6, 6.07) is 20.9. The molecule has 0 saturated heterocycles. The van der Waals surface area contributed by atoms with Crippen molar-refractivity contribution >= 4 is 28.3 Å². The van der Waals surface area contributed by atoms with Crippen LogP contribution in [0.3, 0.4) is 0 Å². The van der Waals surface area contributed by atoms with Gasteiger partial charge in [0.1, 0.15) is 17.1 Å². The van der Waals surface area contributed by atoms with Crippen molar-refractivity contribution in [2.75, 3.05) is 18.5 Å². The molecule has 33 heavy (non-hydrogen) atoms. The van der Waals surface area contributed by atoms with Crippen molar-refractivity contribution in [3.8, 4) is 11.5 Å². The molecular formula is C27H25NO5. The topological polar surface area (TPSA) is 77.8 Å². The van der Waals surface area contributed by atoms with E-state index in [-0.39, 0.29) is 17.5 Å². The van der Waals surface area contributed by atoms with E-state index in [0.717, 1.165) is 6.42 Å². The molecule has 1 aromatic heterocycles. The van der Waals surface area contributed by atoms with Crippen molar-refractivity contribution in [1.82, 2.24) is 0 Å². The molecule has 4 aromatic rings. The Bertz CT molecular complexity index is 1260. The summed E-state index contributed by atoms with van der Waals surface area (Å²) in [6.45, 7) is 5.08. The Morgan fingerprint density at radius 1 is 0.818 bits per heavy atom. The number of nitrogens with one attached hydrogen (secondary N) is 1. The fourth-order valence-corrected chi connectivity index (χ4v) is 3.44. The first kappa shape index (κ1) is 22.1. The fraction of sp³-hybridized carbons (Fsp3) is 0.185. The molecular weight excluding hydrogens is 418 g/mol. The van der Waals surface area contributed by atoms with Gasteiger partial charge in [-0.2, -0.15) is 0 Å². The second kappa shape index (κ2) is 10.0. The SMILES string of the molecule is CCCOc1ccc(C(=O)Nc2c(C(=O)c3ccc(OCC)cc3)oc3ccccc23)cc1. The van der Waals surface area contributed by atoms with Crippen molar-refractivity contribution in [1.29, 1.82) is 0 Å². The van der Waals surface area contributed by atoms with Gasteiger partial charge in [-0.1, -0.05) is 19.1 Å². The monoisotopic (exact) mass is 443 g/mol. The van der Waals surface area contributed by atoms with Crippen molar-refractivity contribution in [3.63, 3.8) is 0 Å². The number of fused-ring (bicyclic) bond motifs is 1. The quantitative estimate of drug-likeness (QED) is 0.316. The third kappa shape index (κ3) is 4.90. The molecule has 168 valence electrons. The Kier molecular flexibility index (Phi) is 6.74. The number of para-hydroxylation sites is 1. The number of benzene rings is 3. The number of hydrogen-bond acceptors (Lipinski definition) is 5. The van der Waals surface area contributed by atoms with Crippen LogP contribution in [0.4, 0.5) is 5.69 Å². The summed E-state index contributed by atoms with van der Waals surface area (Å²) in [7, 11) is 0. The average molecular weight is 443 g/mol.